The first-order valence-corrected chi connectivity index (χ1v) is 6.39. The van der Waals surface area contributed by atoms with Crippen molar-refractivity contribution in [1.82, 2.24) is 4.90 Å². The minimum Gasteiger partial charge on any atom is -0.306 e. The van der Waals surface area contributed by atoms with E-state index >= 15 is 0 Å². The molecule has 1 aliphatic heterocycles. The zero-order chi connectivity index (χ0) is 10.7. The van der Waals surface area contributed by atoms with Crippen LogP contribution in [0.3, 0.4) is 0 Å². The average molecular weight is 206 g/mol. The normalized spacial score (nSPS) is 31.3. The largest absolute Gasteiger partial charge is 0.306 e. The van der Waals surface area contributed by atoms with Crippen molar-refractivity contribution >= 4 is 0 Å². The van der Waals surface area contributed by atoms with Gasteiger partial charge in [0.2, 0.25) is 0 Å². The van der Waals surface area contributed by atoms with E-state index in [1.807, 2.05) is 0 Å². The summed E-state index contributed by atoms with van der Waals surface area (Å²) in [4.78, 5) is 2.40. The van der Waals surface area contributed by atoms with Gasteiger partial charge in [-0.15, -0.1) is 0 Å². The molecule has 0 bridgehead atoms. The molecule has 0 aromatic rings. The van der Waals surface area contributed by atoms with Gasteiger partial charge in [-0.2, -0.15) is 5.26 Å². The molecule has 1 saturated carbocycles. The van der Waals surface area contributed by atoms with Crippen molar-refractivity contribution in [1.29, 1.82) is 5.26 Å². The third kappa shape index (κ3) is 2.52. The van der Waals surface area contributed by atoms with Crippen LogP contribution in [0.5, 0.6) is 0 Å². The summed E-state index contributed by atoms with van der Waals surface area (Å²) < 4.78 is 0. The number of piperidine rings is 1. The Bertz CT molecular complexity index is 237. The Morgan fingerprint density at radius 2 is 1.80 bits per heavy atom. The van der Waals surface area contributed by atoms with Gasteiger partial charge in [0.15, 0.2) is 0 Å². The van der Waals surface area contributed by atoms with Crippen LogP contribution in [0.1, 0.15) is 38.5 Å². The zero-order valence-electron chi connectivity index (χ0n) is 9.78. The maximum Gasteiger partial charge on any atom is 0.0662 e. The smallest absolute Gasteiger partial charge is 0.0662 e. The van der Waals surface area contributed by atoms with E-state index in [-0.39, 0.29) is 0 Å². The van der Waals surface area contributed by atoms with Crippen LogP contribution in [-0.4, -0.2) is 25.0 Å². The molecule has 2 heteroatoms. The first-order chi connectivity index (χ1) is 7.31. The highest BCUT2D eigenvalue weighted by molar-refractivity contribution is 4.96. The molecule has 0 N–H and O–H groups in total. The van der Waals surface area contributed by atoms with Crippen molar-refractivity contribution in [3.05, 3.63) is 0 Å². The highest BCUT2D eigenvalue weighted by Gasteiger charge is 2.33. The van der Waals surface area contributed by atoms with Crippen molar-refractivity contribution in [2.24, 2.45) is 17.8 Å². The molecule has 2 nitrogen and oxygen atoms in total. The Morgan fingerprint density at radius 1 is 1.13 bits per heavy atom. The van der Waals surface area contributed by atoms with E-state index < -0.39 is 0 Å². The molecule has 2 atom stereocenters. The standard InChI is InChI=1S/C13H22N2/c1-15-8-4-7-12(10-15)13(9-14)11-5-2-3-6-11/h11-13H,2-8,10H2,1H3. The fourth-order valence-corrected chi connectivity index (χ4v) is 3.41. The summed E-state index contributed by atoms with van der Waals surface area (Å²) in [6.45, 7) is 2.37. The predicted molar refractivity (Wildman–Crippen MR) is 61.3 cm³/mol. The Kier molecular flexibility index (Phi) is 3.64. The fraction of sp³-hybridized carbons (Fsp3) is 0.923. The van der Waals surface area contributed by atoms with Crippen molar-refractivity contribution in [3.8, 4) is 6.07 Å². The zero-order valence-corrected chi connectivity index (χ0v) is 9.78. The van der Waals surface area contributed by atoms with Crippen LogP contribution in [0, 0.1) is 29.1 Å². The minimum absolute atomic E-state index is 0.343. The maximum atomic E-state index is 9.36. The van der Waals surface area contributed by atoms with Crippen LogP contribution in [0.4, 0.5) is 0 Å². The molecule has 0 spiro atoms. The molecule has 0 amide bonds. The molecule has 1 saturated heterocycles. The van der Waals surface area contributed by atoms with Crippen LogP contribution in [0.2, 0.25) is 0 Å². The molecule has 2 unspecified atom stereocenters. The highest BCUT2D eigenvalue weighted by Crippen LogP contribution is 2.37. The number of hydrogen-bond donors (Lipinski definition) is 0. The van der Waals surface area contributed by atoms with Crippen LogP contribution in [0.25, 0.3) is 0 Å². The van der Waals surface area contributed by atoms with Crippen LogP contribution in [0.15, 0.2) is 0 Å². The molecule has 1 aliphatic carbocycles. The summed E-state index contributed by atoms with van der Waals surface area (Å²) in [6, 6.07) is 2.61. The molecule has 0 radical (unpaired) electrons. The summed E-state index contributed by atoms with van der Waals surface area (Å²) in [5, 5.41) is 9.36. The van der Waals surface area contributed by atoms with Gasteiger partial charge in [0.1, 0.15) is 0 Å². The summed E-state index contributed by atoms with van der Waals surface area (Å²) >= 11 is 0. The second-order valence-corrected chi connectivity index (χ2v) is 5.36. The number of likely N-dealkylation sites (tertiary alicyclic amines) is 1. The Labute approximate surface area is 93.3 Å². The van der Waals surface area contributed by atoms with Gasteiger partial charge in [-0.05, 0) is 51.1 Å². The first kappa shape index (κ1) is 11.0. The van der Waals surface area contributed by atoms with Gasteiger partial charge in [-0.1, -0.05) is 12.8 Å². The molecule has 2 aliphatic rings. The van der Waals surface area contributed by atoms with Gasteiger partial charge < -0.3 is 4.90 Å². The molecular formula is C13H22N2. The van der Waals surface area contributed by atoms with Gasteiger partial charge in [-0.3, -0.25) is 0 Å². The molecule has 0 aromatic heterocycles. The number of hydrogen-bond acceptors (Lipinski definition) is 2. The van der Waals surface area contributed by atoms with Crippen molar-refractivity contribution in [2.45, 2.75) is 38.5 Å². The van der Waals surface area contributed by atoms with E-state index in [9.17, 15) is 5.26 Å². The minimum atomic E-state index is 0.343. The molecule has 0 aromatic carbocycles. The number of nitrogens with zero attached hydrogens (tertiary/aromatic N) is 2. The average Bonchev–Trinajstić information content (AvgIpc) is 2.72. The third-order valence-electron chi connectivity index (χ3n) is 4.23. The van der Waals surface area contributed by atoms with E-state index in [0.717, 1.165) is 6.54 Å². The maximum absolute atomic E-state index is 9.36. The summed E-state index contributed by atoms with van der Waals surface area (Å²) in [5.41, 5.74) is 0. The van der Waals surface area contributed by atoms with Gasteiger partial charge in [0.05, 0.1) is 12.0 Å². The van der Waals surface area contributed by atoms with Crippen molar-refractivity contribution < 1.29 is 0 Å². The highest BCUT2D eigenvalue weighted by atomic mass is 15.1. The predicted octanol–water partition coefficient (Wildman–Crippen LogP) is 2.66. The Hall–Kier alpha value is -0.550. The van der Waals surface area contributed by atoms with Crippen LogP contribution in [-0.2, 0) is 0 Å². The summed E-state index contributed by atoms with van der Waals surface area (Å²) in [6.07, 6.45) is 7.87. The summed E-state index contributed by atoms with van der Waals surface area (Å²) in [5.74, 6) is 1.71. The lowest BCUT2D eigenvalue weighted by atomic mass is 9.78. The number of rotatable bonds is 2. The molecule has 2 rings (SSSR count). The van der Waals surface area contributed by atoms with E-state index in [0.29, 0.717) is 17.8 Å². The van der Waals surface area contributed by atoms with Crippen LogP contribution < -0.4 is 0 Å². The molecular weight excluding hydrogens is 184 g/mol. The lowest BCUT2D eigenvalue weighted by Crippen LogP contribution is -2.37. The Morgan fingerprint density at radius 3 is 2.40 bits per heavy atom. The SMILES string of the molecule is CN1CCCC(C(C#N)C2CCCC2)C1. The lowest BCUT2D eigenvalue weighted by Gasteiger charge is -2.34. The van der Waals surface area contributed by atoms with Gasteiger partial charge in [-0.25, -0.2) is 0 Å². The fourth-order valence-electron chi connectivity index (χ4n) is 3.41. The first-order valence-electron chi connectivity index (χ1n) is 6.39. The summed E-state index contributed by atoms with van der Waals surface area (Å²) in [7, 11) is 2.19. The molecule has 1 heterocycles. The van der Waals surface area contributed by atoms with Gasteiger partial charge in [0.25, 0.3) is 0 Å². The molecule has 2 fully saturated rings. The van der Waals surface area contributed by atoms with Crippen molar-refractivity contribution in [2.75, 3.05) is 20.1 Å². The Balaban J connectivity index is 1.96. The van der Waals surface area contributed by atoms with E-state index in [4.69, 9.17) is 0 Å². The number of nitriles is 1. The van der Waals surface area contributed by atoms with Crippen molar-refractivity contribution in [3.63, 3.8) is 0 Å². The second-order valence-electron chi connectivity index (χ2n) is 5.36. The van der Waals surface area contributed by atoms with Gasteiger partial charge in [0, 0.05) is 6.54 Å². The third-order valence-corrected chi connectivity index (χ3v) is 4.23. The van der Waals surface area contributed by atoms with Crippen LogP contribution >= 0.6 is 0 Å². The quantitative estimate of drug-likeness (QED) is 0.694. The van der Waals surface area contributed by atoms with E-state index in [1.54, 1.807) is 0 Å². The van der Waals surface area contributed by atoms with E-state index in [1.165, 1.54) is 45.1 Å². The lowest BCUT2D eigenvalue weighted by molar-refractivity contribution is 0.152. The monoisotopic (exact) mass is 206 g/mol. The van der Waals surface area contributed by atoms with Gasteiger partial charge >= 0.3 is 0 Å². The molecule has 84 valence electrons. The van der Waals surface area contributed by atoms with E-state index in [2.05, 4.69) is 18.0 Å². The molecule has 15 heavy (non-hydrogen) atoms. The topological polar surface area (TPSA) is 27.0 Å². The second kappa shape index (κ2) is 4.99.